The van der Waals surface area contributed by atoms with Crippen LogP contribution in [0, 0.1) is 6.92 Å². The van der Waals surface area contributed by atoms with Gasteiger partial charge in [-0.1, -0.05) is 29.8 Å². The molecular weight excluding hydrogens is 306 g/mol. The van der Waals surface area contributed by atoms with E-state index in [2.05, 4.69) is 5.32 Å². The average molecular weight is 327 g/mol. The number of amides is 1. The molecule has 0 aliphatic rings. The lowest BCUT2D eigenvalue weighted by Gasteiger charge is -2.12. The first-order chi connectivity index (χ1) is 11.4. The van der Waals surface area contributed by atoms with E-state index in [0.29, 0.717) is 17.0 Å². The van der Waals surface area contributed by atoms with E-state index in [9.17, 15) is 9.59 Å². The smallest absolute Gasteiger partial charge is 0.310 e. The predicted molar refractivity (Wildman–Crippen MR) is 92.6 cm³/mol. The lowest BCUT2D eigenvalue weighted by atomic mass is 10.0. The Labute approximate surface area is 141 Å². The van der Waals surface area contributed by atoms with Crippen LogP contribution in [0.2, 0.25) is 0 Å². The Morgan fingerprint density at radius 1 is 1.21 bits per heavy atom. The van der Waals surface area contributed by atoms with Crippen molar-refractivity contribution in [1.29, 1.82) is 0 Å². The average Bonchev–Trinajstić information content (AvgIpc) is 2.54. The fraction of sp³-hybridized carbons (Fsp3) is 0.263. The van der Waals surface area contributed by atoms with Crippen molar-refractivity contribution >= 4 is 17.6 Å². The number of aryl methyl sites for hydroxylation is 1. The van der Waals surface area contributed by atoms with Gasteiger partial charge in [0, 0.05) is 11.3 Å². The lowest BCUT2D eigenvalue weighted by molar-refractivity contribution is -0.138. The number of ether oxygens (including phenoxy) is 1. The molecule has 2 N–H and O–H groups in total. The number of carboxylic acid groups (broad SMARTS) is 1. The van der Waals surface area contributed by atoms with Crippen molar-refractivity contribution in [2.45, 2.75) is 26.2 Å². The summed E-state index contributed by atoms with van der Waals surface area (Å²) in [6, 6.07) is 12.6. The third-order valence-corrected chi connectivity index (χ3v) is 3.83. The lowest BCUT2D eigenvalue weighted by Crippen LogP contribution is -2.15. The standard InChI is InChI=1S/C19H21NO4/c1-12-7-8-17(24-3)15(9-12)11-18(21)20-16-6-4-5-14(10-16)13(2)19(22)23/h4-10,13H,11H2,1-3H3,(H,20,21)(H,22,23). The van der Waals surface area contributed by atoms with Crippen LogP contribution >= 0.6 is 0 Å². The number of carbonyl (C=O) groups is 2. The zero-order chi connectivity index (χ0) is 17.7. The number of aliphatic carboxylic acids is 1. The maximum atomic E-state index is 12.3. The van der Waals surface area contributed by atoms with Crippen LogP contribution in [-0.2, 0) is 16.0 Å². The summed E-state index contributed by atoms with van der Waals surface area (Å²) < 4.78 is 5.28. The van der Waals surface area contributed by atoms with Crippen molar-refractivity contribution < 1.29 is 19.4 Å². The molecule has 0 aliphatic heterocycles. The topological polar surface area (TPSA) is 75.6 Å². The Balaban J connectivity index is 2.12. The van der Waals surface area contributed by atoms with E-state index in [4.69, 9.17) is 9.84 Å². The van der Waals surface area contributed by atoms with Crippen LogP contribution in [-0.4, -0.2) is 24.1 Å². The summed E-state index contributed by atoms with van der Waals surface area (Å²) in [5.41, 5.74) is 3.09. The molecule has 0 radical (unpaired) electrons. The summed E-state index contributed by atoms with van der Waals surface area (Å²) in [7, 11) is 1.57. The van der Waals surface area contributed by atoms with E-state index in [1.807, 2.05) is 25.1 Å². The van der Waals surface area contributed by atoms with Crippen LogP contribution in [0.25, 0.3) is 0 Å². The molecule has 24 heavy (non-hydrogen) atoms. The monoisotopic (exact) mass is 327 g/mol. The molecule has 0 heterocycles. The number of benzene rings is 2. The maximum absolute atomic E-state index is 12.3. The molecule has 0 bridgehead atoms. The van der Waals surface area contributed by atoms with Gasteiger partial charge in [-0.3, -0.25) is 9.59 Å². The largest absolute Gasteiger partial charge is 0.496 e. The van der Waals surface area contributed by atoms with Crippen molar-refractivity contribution in [3.05, 3.63) is 59.2 Å². The molecule has 2 aromatic rings. The zero-order valence-electron chi connectivity index (χ0n) is 14.0. The Morgan fingerprint density at radius 2 is 1.96 bits per heavy atom. The normalized spacial score (nSPS) is 11.6. The minimum Gasteiger partial charge on any atom is -0.496 e. The van der Waals surface area contributed by atoms with Gasteiger partial charge >= 0.3 is 5.97 Å². The van der Waals surface area contributed by atoms with E-state index in [1.54, 1.807) is 38.3 Å². The number of hydrogen-bond donors (Lipinski definition) is 2. The fourth-order valence-corrected chi connectivity index (χ4v) is 2.45. The second-order valence-corrected chi connectivity index (χ2v) is 5.73. The molecular formula is C19H21NO4. The quantitative estimate of drug-likeness (QED) is 0.853. The minimum atomic E-state index is -0.900. The van der Waals surface area contributed by atoms with Crippen molar-refractivity contribution in [2.75, 3.05) is 12.4 Å². The van der Waals surface area contributed by atoms with Crippen LogP contribution in [0.1, 0.15) is 29.5 Å². The van der Waals surface area contributed by atoms with Gasteiger partial charge in [0.2, 0.25) is 5.91 Å². The number of carboxylic acids is 1. The maximum Gasteiger partial charge on any atom is 0.310 e. The van der Waals surface area contributed by atoms with Gasteiger partial charge < -0.3 is 15.2 Å². The van der Waals surface area contributed by atoms with E-state index in [-0.39, 0.29) is 12.3 Å². The molecule has 0 saturated heterocycles. The van der Waals surface area contributed by atoms with Gasteiger partial charge in [-0.05, 0) is 37.6 Å². The molecule has 1 atom stereocenters. The Bertz CT molecular complexity index is 755. The molecule has 0 saturated carbocycles. The highest BCUT2D eigenvalue weighted by atomic mass is 16.5. The van der Waals surface area contributed by atoms with Gasteiger partial charge in [-0.15, -0.1) is 0 Å². The van der Waals surface area contributed by atoms with Crippen LogP contribution in [0.5, 0.6) is 5.75 Å². The highest BCUT2D eigenvalue weighted by Gasteiger charge is 2.15. The molecule has 0 spiro atoms. The predicted octanol–water partition coefficient (Wildman–Crippen LogP) is 3.37. The SMILES string of the molecule is COc1ccc(C)cc1CC(=O)Nc1cccc(C(C)C(=O)O)c1. The molecule has 5 heteroatoms. The first-order valence-electron chi connectivity index (χ1n) is 7.67. The summed E-state index contributed by atoms with van der Waals surface area (Å²) in [5, 5.41) is 11.9. The van der Waals surface area contributed by atoms with Gasteiger partial charge in [0.05, 0.1) is 19.4 Å². The van der Waals surface area contributed by atoms with Crippen molar-refractivity contribution in [3.63, 3.8) is 0 Å². The van der Waals surface area contributed by atoms with Crippen molar-refractivity contribution in [2.24, 2.45) is 0 Å². The molecule has 5 nitrogen and oxygen atoms in total. The first-order valence-corrected chi connectivity index (χ1v) is 7.67. The number of nitrogens with one attached hydrogen (secondary N) is 1. The molecule has 0 fully saturated rings. The van der Waals surface area contributed by atoms with E-state index in [1.165, 1.54) is 0 Å². The van der Waals surface area contributed by atoms with Crippen LogP contribution < -0.4 is 10.1 Å². The molecule has 2 aromatic carbocycles. The Kier molecular flexibility index (Phi) is 5.58. The molecule has 2 rings (SSSR count). The van der Waals surface area contributed by atoms with Crippen LogP contribution in [0.4, 0.5) is 5.69 Å². The fourth-order valence-electron chi connectivity index (χ4n) is 2.45. The van der Waals surface area contributed by atoms with Gasteiger partial charge in [-0.2, -0.15) is 0 Å². The minimum absolute atomic E-state index is 0.181. The number of carbonyl (C=O) groups excluding carboxylic acids is 1. The highest BCUT2D eigenvalue weighted by Crippen LogP contribution is 2.22. The third kappa shape index (κ3) is 4.35. The van der Waals surface area contributed by atoms with Crippen LogP contribution in [0.3, 0.4) is 0 Å². The number of hydrogen-bond acceptors (Lipinski definition) is 3. The molecule has 0 aromatic heterocycles. The van der Waals surface area contributed by atoms with Gasteiger partial charge in [0.15, 0.2) is 0 Å². The molecule has 0 aliphatic carbocycles. The first kappa shape index (κ1) is 17.5. The summed E-state index contributed by atoms with van der Waals surface area (Å²) in [6.45, 7) is 3.57. The highest BCUT2D eigenvalue weighted by molar-refractivity contribution is 5.93. The molecule has 126 valence electrons. The van der Waals surface area contributed by atoms with Gasteiger partial charge in [0.1, 0.15) is 5.75 Å². The van der Waals surface area contributed by atoms with E-state index < -0.39 is 11.9 Å². The summed E-state index contributed by atoms with van der Waals surface area (Å²) in [5.74, 6) is -1.04. The van der Waals surface area contributed by atoms with Crippen molar-refractivity contribution in [3.8, 4) is 5.75 Å². The Hall–Kier alpha value is -2.82. The van der Waals surface area contributed by atoms with Gasteiger partial charge in [0.25, 0.3) is 0 Å². The number of rotatable bonds is 6. The van der Waals surface area contributed by atoms with Crippen LogP contribution in [0.15, 0.2) is 42.5 Å². The summed E-state index contributed by atoms with van der Waals surface area (Å²) in [6.07, 6.45) is 0.184. The Morgan fingerprint density at radius 3 is 2.62 bits per heavy atom. The third-order valence-electron chi connectivity index (χ3n) is 3.83. The second kappa shape index (κ2) is 7.64. The zero-order valence-corrected chi connectivity index (χ0v) is 14.0. The van der Waals surface area contributed by atoms with E-state index >= 15 is 0 Å². The summed E-state index contributed by atoms with van der Waals surface area (Å²) in [4.78, 5) is 23.4. The summed E-state index contributed by atoms with van der Waals surface area (Å²) >= 11 is 0. The number of anilines is 1. The van der Waals surface area contributed by atoms with E-state index in [0.717, 1.165) is 11.1 Å². The second-order valence-electron chi connectivity index (χ2n) is 5.73. The number of methoxy groups -OCH3 is 1. The molecule has 1 unspecified atom stereocenters. The molecule has 1 amide bonds. The van der Waals surface area contributed by atoms with Gasteiger partial charge in [-0.25, -0.2) is 0 Å². The van der Waals surface area contributed by atoms with Crippen molar-refractivity contribution in [1.82, 2.24) is 0 Å².